The average Bonchev–Trinajstić information content (AvgIpc) is 2.85. The molecule has 19 heavy (non-hydrogen) atoms. The van der Waals surface area contributed by atoms with Gasteiger partial charge in [0.15, 0.2) is 0 Å². The molecule has 1 aliphatic rings. The highest BCUT2D eigenvalue weighted by Crippen LogP contribution is 2.35. The minimum Gasteiger partial charge on any atom is -0.395 e. The van der Waals surface area contributed by atoms with Gasteiger partial charge in [0.05, 0.1) is 12.6 Å². The smallest absolute Gasteiger partial charge is 0.0596 e. The number of nitrogens with two attached hydrogens (primary N) is 1. The van der Waals surface area contributed by atoms with Crippen LogP contribution in [0.25, 0.3) is 0 Å². The van der Waals surface area contributed by atoms with E-state index in [2.05, 4.69) is 39.2 Å². The first-order chi connectivity index (χ1) is 9.17. The quantitative estimate of drug-likeness (QED) is 0.860. The van der Waals surface area contributed by atoms with Crippen molar-refractivity contribution in [1.82, 2.24) is 4.90 Å². The van der Waals surface area contributed by atoms with Crippen molar-refractivity contribution in [1.29, 1.82) is 0 Å². The summed E-state index contributed by atoms with van der Waals surface area (Å²) in [5.74, 6) is 0. The number of aliphatic hydroxyl groups excluding tert-OH is 1. The summed E-state index contributed by atoms with van der Waals surface area (Å²) in [6.45, 7) is 3.41. The Morgan fingerprint density at radius 3 is 2.95 bits per heavy atom. The van der Waals surface area contributed by atoms with Crippen LogP contribution in [0.15, 0.2) is 15.9 Å². The fourth-order valence-corrected chi connectivity index (χ4v) is 4.55. The van der Waals surface area contributed by atoms with Crippen LogP contribution in [0.4, 0.5) is 0 Å². The lowest BCUT2D eigenvalue weighted by molar-refractivity contribution is 0.0430. The maximum absolute atomic E-state index is 9.63. The Hall–Kier alpha value is 0.0600. The molecule has 1 fully saturated rings. The third-order valence-electron chi connectivity index (χ3n) is 4.00. The van der Waals surface area contributed by atoms with Gasteiger partial charge in [0.1, 0.15) is 0 Å². The molecule has 0 aromatic carbocycles. The van der Waals surface area contributed by atoms with Crippen LogP contribution in [-0.4, -0.2) is 35.2 Å². The highest BCUT2D eigenvalue weighted by molar-refractivity contribution is 9.10. The molecule has 3 nitrogen and oxygen atoms in total. The molecule has 0 aliphatic carbocycles. The molecule has 0 radical (unpaired) electrons. The Morgan fingerprint density at radius 1 is 1.58 bits per heavy atom. The summed E-state index contributed by atoms with van der Waals surface area (Å²) in [6, 6.07) is 2.79. The van der Waals surface area contributed by atoms with Crippen molar-refractivity contribution in [2.45, 2.75) is 50.7 Å². The van der Waals surface area contributed by atoms with Gasteiger partial charge in [0, 0.05) is 26.8 Å². The van der Waals surface area contributed by atoms with E-state index >= 15 is 0 Å². The van der Waals surface area contributed by atoms with E-state index in [1.165, 1.54) is 17.7 Å². The van der Waals surface area contributed by atoms with Crippen LogP contribution in [0.3, 0.4) is 0 Å². The normalized spacial score (nSPS) is 24.3. The molecule has 2 rings (SSSR count). The van der Waals surface area contributed by atoms with Crippen molar-refractivity contribution in [3.05, 3.63) is 20.8 Å². The van der Waals surface area contributed by atoms with Gasteiger partial charge in [0.25, 0.3) is 0 Å². The molecule has 1 saturated heterocycles. The lowest BCUT2D eigenvalue weighted by atomic mass is 9.95. The summed E-state index contributed by atoms with van der Waals surface area (Å²) in [4.78, 5) is 3.73. The molecule has 0 saturated carbocycles. The van der Waals surface area contributed by atoms with E-state index in [1.54, 1.807) is 11.3 Å². The van der Waals surface area contributed by atoms with Crippen molar-refractivity contribution in [2.75, 3.05) is 13.2 Å². The van der Waals surface area contributed by atoms with Crippen LogP contribution in [0.5, 0.6) is 0 Å². The largest absolute Gasteiger partial charge is 0.395 e. The van der Waals surface area contributed by atoms with Crippen LogP contribution >= 0.6 is 27.3 Å². The van der Waals surface area contributed by atoms with Gasteiger partial charge in [-0.1, -0.05) is 13.3 Å². The highest BCUT2D eigenvalue weighted by Gasteiger charge is 2.33. The molecule has 3 N–H and O–H groups in total. The number of thiophene rings is 1. The number of likely N-dealkylation sites (tertiary alicyclic amines) is 1. The third-order valence-corrected chi connectivity index (χ3v) is 5.76. The maximum Gasteiger partial charge on any atom is 0.0596 e. The Morgan fingerprint density at radius 2 is 2.37 bits per heavy atom. The first kappa shape index (κ1) is 15.4. The molecule has 1 aliphatic heterocycles. The molecule has 2 heterocycles. The second-order valence-electron chi connectivity index (χ2n) is 5.25. The standard InChI is InChI=1S/C14H23BrN2OS/c1-2-12(16)14(13-7-10(15)9-19-13)17-6-4-3-5-11(17)8-18/h7,9,11-12,14,18H,2-6,8,16H2,1H3. The van der Waals surface area contributed by atoms with E-state index in [9.17, 15) is 5.11 Å². The van der Waals surface area contributed by atoms with Gasteiger partial charge in [-0.25, -0.2) is 0 Å². The summed E-state index contributed by atoms with van der Waals surface area (Å²) in [6.07, 6.45) is 4.45. The summed E-state index contributed by atoms with van der Waals surface area (Å²) in [7, 11) is 0. The predicted octanol–water partition coefficient (Wildman–Crippen LogP) is 3.14. The molecule has 3 atom stereocenters. The zero-order valence-corrected chi connectivity index (χ0v) is 13.8. The first-order valence-corrected chi connectivity index (χ1v) is 8.70. The van der Waals surface area contributed by atoms with Crippen LogP contribution in [0.1, 0.15) is 43.5 Å². The minimum absolute atomic E-state index is 0.123. The SMILES string of the molecule is CCC(N)C(c1cc(Br)cs1)N1CCCCC1CO. The molecule has 5 heteroatoms. The van der Waals surface area contributed by atoms with Crippen LogP contribution < -0.4 is 5.73 Å². The zero-order valence-electron chi connectivity index (χ0n) is 11.4. The Bertz CT molecular complexity index is 399. The van der Waals surface area contributed by atoms with Gasteiger partial charge in [0.2, 0.25) is 0 Å². The fourth-order valence-electron chi connectivity index (χ4n) is 2.91. The lowest BCUT2D eigenvalue weighted by Crippen LogP contribution is -2.49. The fraction of sp³-hybridized carbons (Fsp3) is 0.714. The molecule has 108 valence electrons. The van der Waals surface area contributed by atoms with Gasteiger partial charge in [-0.15, -0.1) is 11.3 Å². The van der Waals surface area contributed by atoms with Crippen LogP contribution in [0, 0.1) is 0 Å². The van der Waals surface area contributed by atoms with Gasteiger partial charge in [-0.3, -0.25) is 4.90 Å². The van der Waals surface area contributed by atoms with E-state index < -0.39 is 0 Å². The van der Waals surface area contributed by atoms with Crippen molar-refractivity contribution in [3.63, 3.8) is 0 Å². The minimum atomic E-state index is 0.123. The Kier molecular flexibility index (Phi) is 5.84. The Balaban J connectivity index is 2.26. The second kappa shape index (κ2) is 7.18. The molecule has 1 aromatic rings. The molecule has 0 amide bonds. The number of rotatable bonds is 5. The first-order valence-electron chi connectivity index (χ1n) is 7.03. The highest BCUT2D eigenvalue weighted by atomic mass is 79.9. The second-order valence-corrected chi connectivity index (χ2v) is 7.11. The third kappa shape index (κ3) is 3.58. The topological polar surface area (TPSA) is 49.5 Å². The van der Waals surface area contributed by atoms with E-state index in [4.69, 9.17) is 5.73 Å². The summed E-state index contributed by atoms with van der Waals surface area (Å²) in [5, 5.41) is 11.7. The lowest BCUT2D eigenvalue weighted by Gasteiger charge is -2.42. The number of halogens is 1. The zero-order chi connectivity index (χ0) is 13.8. The predicted molar refractivity (Wildman–Crippen MR) is 84.5 cm³/mol. The van der Waals surface area contributed by atoms with Crippen LogP contribution in [-0.2, 0) is 0 Å². The summed E-state index contributed by atoms with van der Waals surface area (Å²) >= 11 is 5.29. The Labute approximate surface area is 127 Å². The van der Waals surface area contributed by atoms with Crippen molar-refractivity contribution < 1.29 is 5.11 Å². The van der Waals surface area contributed by atoms with Gasteiger partial charge >= 0.3 is 0 Å². The molecule has 3 unspecified atom stereocenters. The molecule has 1 aromatic heterocycles. The number of hydrogen-bond donors (Lipinski definition) is 2. The molecule has 0 spiro atoms. The van der Waals surface area contributed by atoms with Crippen molar-refractivity contribution >= 4 is 27.3 Å². The average molecular weight is 347 g/mol. The molecule has 0 bridgehead atoms. The van der Waals surface area contributed by atoms with Crippen molar-refractivity contribution in [3.8, 4) is 0 Å². The van der Waals surface area contributed by atoms with Crippen molar-refractivity contribution in [2.24, 2.45) is 5.73 Å². The summed E-state index contributed by atoms with van der Waals surface area (Å²) in [5.41, 5.74) is 6.37. The molecular weight excluding hydrogens is 324 g/mol. The summed E-state index contributed by atoms with van der Waals surface area (Å²) < 4.78 is 1.12. The molecular formula is C14H23BrN2OS. The number of nitrogens with zero attached hydrogens (tertiary/aromatic N) is 1. The van der Waals surface area contributed by atoms with E-state index in [-0.39, 0.29) is 24.7 Å². The van der Waals surface area contributed by atoms with Gasteiger partial charge < -0.3 is 10.8 Å². The maximum atomic E-state index is 9.63. The van der Waals surface area contributed by atoms with E-state index in [0.29, 0.717) is 0 Å². The monoisotopic (exact) mass is 346 g/mol. The number of hydrogen-bond acceptors (Lipinski definition) is 4. The van der Waals surface area contributed by atoms with Gasteiger partial charge in [-0.2, -0.15) is 0 Å². The number of piperidine rings is 1. The number of aliphatic hydroxyl groups is 1. The van der Waals surface area contributed by atoms with Gasteiger partial charge in [-0.05, 0) is 47.8 Å². The van der Waals surface area contributed by atoms with E-state index in [0.717, 1.165) is 23.9 Å². The van der Waals surface area contributed by atoms with E-state index in [1.807, 2.05) is 0 Å². The van der Waals surface area contributed by atoms with Crippen LogP contribution in [0.2, 0.25) is 0 Å².